The van der Waals surface area contributed by atoms with E-state index in [1.165, 1.54) is 12.5 Å². The van der Waals surface area contributed by atoms with Crippen molar-refractivity contribution in [3.05, 3.63) is 58.9 Å². The van der Waals surface area contributed by atoms with Crippen molar-refractivity contribution in [2.24, 2.45) is 0 Å². The highest BCUT2D eigenvalue weighted by atomic mass is 32.7. The SMILES string of the molecule is CCOP1(=O)SC2=C(C#N)C(c3ccco3)=C(c3ccco3)N(CC)N2C1C#N. The van der Waals surface area contributed by atoms with Crippen molar-refractivity contribution in [3.8, 4) is 12.1 Å². The molecular weight excluding hydrogens is 411 g/mol. The zero-order valence-corrected chi connectivity index (χ0v) is 17.4. The van der Waals surface area contributed by atoms with Crippen LogP contribution in [0.2, 0.25) is 0 Å². The van der Waals surface area contributed by atoms with Crippen molar-refractivity contribution in [2.75, 3.05) is 13.2 Å². The summed E-state index contributed by atoms with van der Waals surface area (Å²) in [6.45, 7) is 0.813. The van der Waals surface area contributed by atoms with Gasteiger partial charge in [-0.3, -0.25) is 9.57 Å². The molecule has 0 aromatic carbocycles. The van der Waals surface area contributed by atoms with E-state index < -0.39 is 12.4 Å². The van der Waals surface area contributed by atoms with E-state index in [1.807, 2.05) is 6.92 Å². The van der Waals surface area contributed by atoms with E-state index in [1.54, 1.807) is 41.2 Å². The smallest absolute Gasteiger partial charge is 0.301 e. The highest BCUT2D eigenvalue weighted by Gasteiger charge is 2.55. The van der Waals surface area contributed by atoms with Crippen LogP contribution in [0.1, 0.15) is 25.4 Å². The Hall–Kier alpha value is -2.84. The lowest BCUT2D eigenvalue weighted by atomic mass is 9.99. The van der Waals surface area contributed by atoms with E-state index in [0.717, 1.165) is 11.4 Å². The van der Waals surface area contributed by atoms with E-state index in [-0.39, 0.29) is 12.2 Å². The zero-order valence-electron chi connectivity index (χ0n) is 15.7. The van der Waals surface area contributed by atoms with Gasteiger partial charge in [-0.15, -0.1) is 0 Å². The first kappa shape index (κ1) is 19.5. The van der Waals surface area contributed by atoms with Crippen molar-refractivity contribution in [2.45, 2.75) is 19.6 Å². The van der Waals surface area contributed by atoms with Crippen molar-refractivity contribution < 1.29 is 17.9 Å². The van der Waals surface area contributed by atoms with Gasteiger partial charge in [-0.2, -0.15) is 10.5 Å². The van der Waals surface area contributed by atoms with Gasteiger partial charge in [-0.25, -0.2) is 5.01 Å². The Bertz CT molecular complexity index is 1110. The molecule has 0 bridgehead atoms. The standard InChI is InChI=1S/C19H17N4O4PS/c1-3-22-18(15-8-6-10-26-15)17(14-7-5-9-25-14)13(11-20)19-23(22)16(12-21)28(24,29-19)27-4-2/h5-10,16H,3-4H2,1-2H3. The number of rotatable bonds is 5. The molecule has 0 spiro atoms. The fourth-order valence-corrected chi connectivity index (χ4v) is 8.04. The van der Waals surface area contributed by atoms with Crippen molar-refractivity contribution in [1.82, 2.24) is 10.0 Å². The van der Waals surface area contributed by atoms with E-state index in [9.17, 15) is 15.1 Å². The van der Waals surface area contributed by atoms with Crippen LogP contribution in [0.5, 0.6) is 0 Å². The van der Waals surface area contributed by atoms with Crippen LogP contribution in [0.3, 0.4) is 0 Å². The van der Waals surface area contributed by atoms with Crippen LogP contribution >= 0.6 is 18.0 Å². The Morgan fingerprint density at radius 3 is 2.41 bits per heavy atom. The Labute approximate surface area is 171 Å². The molecule has 4 rings (SSSR count). The van der Waals surface area contributed by atoms with Gasteiger partial charge in [0.1, 0.15) is 28.6 Å². The van der Waals surface area contributed by atoms with Crippen molar-refractivity contribution >= 4 is 29.2 Å². The van der Waals surface area contributed by atoms with E-state index in [4.69, 9.17) is 13.4 Å². The van der Waals surface area contributed by atoms with Crippen LogP contribution < -0.4 is 0 Å². The number of allylic oxidation sites excluding steroid dienone is 2. The van der Waals surface area contributed by atoms with Gasteiger partial charge in [0, 0.05) is 6.54 Å². The molecule has 0 radical (unpaired) electrons. The average molecular weight is 428 g/mol. The van der Waals surface area contributed by atoms with Gasteiger partial charge in [-0.1, -0.05) is 0 Å². The number of hydrazine groups is 1. The molecule has 2 aromatic rings. The van der Waals surface area contributed by atoms with Crippen LogP contribution in [0.25, 0.3) is 11.3 Å². The van der Waals surface area contributed by atoms with Gasteiger partial charge < -0.3 is 13.4 Å². The molecule has 4 heterocycles. The zero-order chi connectivity index (χ0) is 20.6. The minimum atomic E-state index is -3.45. The molecular formula is C19H17N4O4PS. The molecule has 10 heteroatoms. The summed E-state index contributed by atoms with van der Waals surface area (Å²) in [6.07, 6.45) is 3.06. The predicted molar refractivity (Wildman–Crippen MR) is 107 cm³/mol. The van der Waals surface area contributed by atoms with Gasteiger partial charge in [0.15, 0.2) is 5.76 Å². The maximum absolute atomic E-state index is 13.5. The fraction of sp³-hybridized carbons (Fsp3) is 0.263. The highest BCUT2D eigenvalue weighted by Crippen LogP contribution is 2.75. The van der Waals surface area contributed by atoms with E-state index in [2.05, 4.69) is 12.1 Å². The Morgan fingerprint density at radius 1 is 1.21 bits per heavy atom. The van der Waals surface area contributed by atoms with Gasteiger partial charge in [-0.05, 0) is 49.5 Å². The molecule has 2 aromatic heterocycles. The summed E-state index contributed by atoms with van der Waals surface area (Å²) >= 11 is 0.952. The summed E-state index contributed by atoms with van der Waals surface area (Å²) < 4.78 is 30.3. The van der Waals surface area contributed by atoms with Crippen molar-refractivity contribution in [3.63, 3.8) is 0 Å². The molecule has 0 saturated carbocycles. The summed E-state index contributed by atoms with van der Waals surface area (Å²) in [5.41, 5.74) is 1.35. The molecule has 8 nitrogen and oxygen atoms in total. The molecule has 148 valence electrons. The van der Waals surface area contributed by atoms with Crippen molar-refractivity contribution in [1.29, 1.82) is 10.5 Å². The Morgan fingerprint density at radius 2 is 1.90 bits per heavy atom. The van der Waals surface area contributed by atoms with Gasteiger partial charge in [0.25, 0.3) is 0 Å². The molecule has 0 amide bonds. The molecule has 2 aliphatic heterocycles. The third kappa shape index (κ3) is 2.90. The number of nitrogens with zero attached hydrogens (tertiary/aromatic N) is 4. The van der Waals surface area contributed by atoms with Crippen LogP contribution in [0.15, 0.2) is 56.2 Å². The molecule has 0 aliphatic carbocycles. The molecule has 29 heavy (non-hydrogen) atoms. The lowest BCUT2D eigenvalue weighted by Gasteiger charge is -2.41. The first-order valence-corrected chi connectivity index (χ1v) is 12.1. The van der Waals surface area contributed by atoms with Gasteiger partial charge in [0.2, 0.25) is 5.78 Å². The quantitative estimate of drug-likeness (QED) is 0.617. The second kappa shape index (κ2) is 7.53. The lowest BCUT2D eigenvalue weighted by molar-refractivity contribution is 0.0860. The van der Waals surface area contributed by atoms with Gasteiger partial charge >= 0.3 is 6.57 Å². The van der Waals surface area contributed by atoms with E-state index in [0.29, 0.717) is 34.4 Å². The predicted octanol–water partition coefficient (Wildman–Crippen LogP) is 4.85. The van der Waals surface area contributed by atoms with Crippen LogP contribution in [0.4, 0.5) is 0 Å². The number of nitriles is 2. The minimum Gasteiger partial charge on any atom is -0.464 e. The number of hydrogen-bond acceptors (Lipinski definition) is 9. The number of hydrogen-bond donors (Lipinski definition) is 0. The van der Waals surface area contributed by atoms with Crippen LogP contribution in [-0.2, 0) is 9.09 Å². The fourth-order valence-electron chi connectivity index (χ4n) is 3.46. The maximum Gasteiger partial charge on any atom is 0.301 e. The monoisotopic (exact) mass is 428 g/mol. The second-order valence-corrected chi connectivity index (χ2v) is 10.6. The molecule has 1 saturated heterocycles. The molecule has 2 unspecified atom stereocenters. The summed E-state index contributed by atoms with van der Waals surface area (Å²) in [5, 5.41) is 23.7. The molecule has 0 N–H and O–H groups in total. The van der Waals surface area contributed by atoms with Crippen LogP contribution in [0, 0.1) is 22.7 Å². The summed E-state index contributed by atoms with van der Waals surface area (Å²) in [4.78, 5) is 0. The maximum atomic E-state index is 13.5. The third-order valence-electron chi connectivity index (χ3n) is 4.53. The average Bonchev–Trinajstić information content (AvgIpc) is 3.46. The Kier molecular flexibility index (Phi) is 5.06. The first-order valence-electron chi connectivity index (χ1n) is 8.96. The summed E-state index contributed by atoms with van der Waals surface area (Å²) in [7, 11) is 0. The molecule has 1 fully saturated rings. The first-order chi connectivity index (χ1) is 14.1. The third-order valence-corrected chi connectivity index (χ3v) is 9.10. The number of fused-ring (bicyclic) bond motifs is 1. The minimum absolute atomic E-state index is 0.196. The number of furan rings is 2. The highest BCUT2D eigenvalue weighted by molar-refractivity contribution is 8.59. The molecule has 2 atom stereocenters. The van der Waals surface area contributed by atoms with E-state index >= 15 is 0 Å². The lowest BCUT2D eigenvalue weighted by Crippen LogP contribution is -2.45. The van der Waals surface area contributed by atoms with Crippen LogP contribution in [-0.4, -0.2) is 29.0 Å². The summed E-state index contributed by atoms with van der Waals surface area (Å²) in [6, 6.07) is 11.3. The Balaban J connectivity index is 2.03. The normalized spacial score (nSPS) is 23.9. The summed E-state index contributed by atoms with van der Waals surface area (Å²) in [5.74, 6) is -0.0791. The molecule has 2 aliphatic rings. The second-order valence-electron chi connectivity index (χ2n) is 6.08. The topological polar surface area (TPSA) is 107 Å². The van der Waals surface area contributed by atoms with Gasteiger partial charge in [0.05, 0.1) is 30.3 Å². The largest absolute Gasteiger partial charge is 0.464 e.